The van der Waals surface area contributed by atoms with Crippen molar-refractivity contribution in [3.05, 3.63) is 101 Å². The van der Waals surface area contributed by atoms with Crippen LogP contribution in [0.2, 0.25) is 0 Å². The number of carbonyl (C=O) groups excluding carboxylic acids is 2. The molecule has 0 spiro atoms. The highest BCUT2D eigenvalue weighted by atomic mass is 19.1. The Labute approximate surface area is 173 Å². The van der Waals surface area contributed by atoms with Gasteiger partial charge in [-0.05, 0) is 47.5 Å². The van der Waals surface area contributed by atoms with Gasteiger partial charge in [0.1, 0.15) is 17.6 Å². The average Bonchev–Trinajstić information content (AvgIpc) is 2.79. The van der Waals surface area contributed by atoms with Gasteiger partial charge in [0.15, 0.2) is 0 Å². The molecule has 2 atom stereocenters. The quantitative estimate of drug-likeness (QED) is 0.457. The van der Waals surface area contributed by atoms with Crippen LogP contribution < -0.4 is 4.74 Å². The third-order valence-corrected chi connectivity index (χ3v) is 5.09. The maximum atomic E-state index is 13.2. The molecule has 1 amide bonds. The van der Waals surface area contributed by atoms with E-state index in [2.05, 4.69) is 0 Å². The zero-order valence-corrected chi connectivity index (χ0v) is 16.3. The Kier molecular flexibility index (Phi) is 5.48. The van der Waals surface area contributed by atoms with E-state index in [1.807, 2.05) is 18.2 Å². The van der Waals surface area contributed by atoms with Crippen LogP contribution in [0.1, 0.15) is 27.5 Å². The molecule has 3 aromatic carbocycles. The van der Waals surface area contributed by atoms with Gasteiger partial charge in [0.05, 0.1) is 12.7 Å². The van der Waals surface area contributed by atoms with Crippen LogP contribution in [0.4, 0.5) is 4.39 Å². The lowest BCUT2D eigenvalue weighted by Crippen LogP contribution is -2.60. The molecule has 0 aliphatic carbocycles. The monoisotopic (exact) mass is 405 g/mol. The molecule has 6 heteroatoms. The fourth-order valence-corrected chi connectivity index (χ4v) is 3.53. The lowest BCUT2D eigenvalue weighted by molar-refractivity contribution is -0.165. The van der Waals surface area contributed by atoms with Gasteiger partial charge in [-0.1, -0.05) is 42.5 Å². The zero-order valence-electron chi connectivity index (χ0n) is 16.3. The molecule has 3 aromatic rings. The van der Waals surface area contributed by atoms with Crippen LogP contribution in [0.5, 0.6) is 5.75 Å². The minimum absolute atomic E-state index is 0.148. The Morgan fingerprint density at radius 2 is 1.63 bits per heavy atom. The van der Waals surface area contributed by atoms with Gasteiger partial charge in [0.25, 0.3) is 5.91 Å². The Morgan fingerprint density at radius 1 is 0.967 bits per heavy atom. The lowest BCUT2D eigenvalue weighted by Gasteiger charge is -2.47. The second kappa shape index (κ2) is 8.37. The number of rotatable bonds is 6. The summed E-state index contributed by atoms with van der Waals surface area (Å²) < 4.78 is 24.0. The summed E-state index contributed by atoms with van der Waals surface area (Å²) in [6.45, 7) is 0.331. The minimum atomic E-state index is -0.683. The first-order valence-electron chi connectivity index (χ1n) is 9.52. The van der Waals surface area contributed by atoms with E-state index in [0.717, 1.165) is 11.1 Å². The molecule has 5 nitrogen and oxygen atoms in total. The minimum Gasteiger partial charge on any atom is -0.478 e. The second-order valence-corrected chi connectivity index (χ2v) is 7.00. The highest BCUT2D eigenvalue weighted by Crippen LogP contribution is 2.39. The van der Waals surface area contributed by atoms with Crippen LogP contribution in [0, 0.1) is 5.82 Å². The van der Waals surface area contributed by atoms with Gasteiger partial charge in [-0.15, -0.1) is 0 Å². The molecule has 0 unspecified atom stereocenters. The number of methoxy groups -OCH3 is 1. The van der Waals surface area contributed by atoms with Crippen LogP contribution >= 0.6 is 0 Å². The molecule has 0 saturated carbocycles. The van der Waals surface area contributed by atoms with Crippen LogP contribution in [-0.2, 0) is 16.1 Å². The normalized spacial score (nSPS) is 17.9. The number of esters is 1. The fraction of sp³-hybridized carbons (Fsp3) is 0.167. The van der Waals surface area contributed by atoms with Gasteiger partial charge in [-0.2, -0.15) is 0 Å². The molecule has 0 aromatic heterocycles. The molecule has 4 rings (SSSR count). The molecule has 0 radical (unpaired) electrons. The number of nitrogens with zero attached hydrogens (tertiary/aromatic N) is 1. The average molecular weight is 405 g/mol. The first kappa shape index (κ1) is 19.6. The number of amides is 1. The van der Waals surface area contributed by atoms with E-state index in [-0.39, 0.29) is 17.8 Å². The number of halogens is 1. The molecule has 1 saturated heterocycles. The first-order chi connectivity index (χ1) is 14.6. The topological polar surface area (TPSA) is 55.8 Å². The number of benzene rings is 3. The van der Waals surface area contributed by atoms with E-state index in [1.54, 1.807) is 53.4 Å². The molecule has 1 fully saturated rings. The van der Waals surface area contributed by atoms with Crippen molar-refractivity contribution >= 4 is 11.9 Å². The van der Waals surface area contributed by atoms with E-state index in [9.17, 15) is 14.0 Å². The van der Waals surface area contributed by atoms with Crippen LogP contribution in [0.25, 0.3) is 0 Å². The number of ether oxygens (including phenoxy) is 2. The van der Waals surface area contributed by atoms with Crippen molar-refractivity contribution in [3.63, 3.8) is 0 Å². The Hall–Kier alpha value is -3.67. The van der Waals surface area contributed by atoms with Gasteiger partial charge in [-0.3, -0.25) is 4.79 Å². The summed E-state index contributed by atoms with van der Waals surface area (Å²) >= 11 is 0. The number of likely N-dealkylation sites (tertiary alicyclic amines) is 1. The first-order valence-corrected chi connectivity index (χ1v) is 9.52. The highest BCUT2D eigenvalue weighted by Gasteiger charge is 2.50. The summed E-state index contributed by atoms with van der Waals surface area (Å²) in [4.78, 5) is 26.3. The molecule has 0 N–H and O–H groups in total. The van der Waals surface area contributed by atoms with Crippen LogP contribution in [0.3, 0.4) is 0 Å². The molecular formula is C24H20FNO4. The van der Waals surface area contributed by atoms with E-state index in [4.69, 9.17) is 9.47 Å². The number of carbonyl (C=O) groups is 2. The van der Waals surface area contributed by atoms with Crippen molar-refractivity contribution in [1.29, 1.82) is 0 Å². The smallest absolute Gasteiger partial charge is 0.337 e. The van der Waals surface area contributed by atoms with Crippen LogP contribution in [0.15, 0.2) is 78.9 Å². The number of hydrogen-bond donors (Lipinski definition) is 0. The largest absolute Gasteiger partial charge is 0.478 e. The summed E-state index contributed by atoms with van der Waals surface area (Å²) in [5.41, 5.74) is 2.09. The number of para-hydroxylation sites is 1. The summed E-state index contributed by atoms with van der Waals surface area (Å²) in [5, 5.41) is 0. The van der Waals surface area contributed by atoms with Crippen molar-refractivity contribution in [1.82, 2.24) is 4.90 Å². The summed E-state index contributed by atoms with van der Waals surface area (Å²) in [6.07, 6.45) is -0.683. The lowest BCUT2D eigenvalue weighted by atomic mass is 9.89. The van der Waals surface area contributed by atoms with Gasteiger partial charge in [0, 0.05) is 6.54 Å². The highest BCUT2D eigenvalue weighted by molar-refractivity contribution is 5.90. The third kappa shape index (κ3) is 3.89. The standard InChI is InChI=1S/C24H20FNO4/c1-29-24(28)18-11-9-17(10-12-18)21-22(30-20-5-3-2-4-6-20)23(27)26(21)15-16-7-13-19(25)14-8-16/h2-14,21-22H,15H2,1H3/t21-,22-/m0/s1. The van der Waals surface area contributed by atoms with Gasteiger partial charge in [-0.25, -0.2) is 9.18 Å². The molecule has 152 valence electrons. The maximum Gasteiger partial charge on any atom is 0.337 e. The molecule has 1 heterocycles. The third-order valence-electron chi connectivity index (χ3n) is 5.09. The predicted molar refractivity (Wildman–Crippen MR) is 108 cm³/mol. The molecular weight excluding hydrogens is 385 g/mol. The molecule has 1 aliphatic rings. The van der Waals surface area contributed by atoms with E-state index >= 15 is 0 Å². The Balaban J connectivity index is 1.61. The summed E-state index contributed by atoms with van der Waals surface area (Å²) in [6, 6.07) is 21.8. The van der Waals surface area contributed by atoms with Crippen molar-refractivity contribution in [2.24, 2.45) is 0 Å². The second-order valence-electron chi connectivity index (χ2n) is 7.00. The van der Waals surface area contributed by atoms with Gasteiger partial charge < -0.3 is 14.4 Å². The van der Waals surface area contributed by atoms with Crippen molar-refractivity contribution in [2.75, 3.05) is 7.11 Å². The zero-order chi connectivity index (χ0) is 21.1. The fourth-order valence-electron chi connectivity index (χ4n) is 3.53. The molecule has 0 bridgehead atoms. The molecule has 1 aliphatic heterocycles. The molecule has 30 heavy (non-hydrogen) atoms. The van der Waals surface area contributed by atoms with E-state index < -0.39 is 12.1 Å². The summed E-state index contributed by atoms with van der Waals surface area (Å²) in [7, 11) is 1.33. The van der Waals surface area contributed by atoms with Gasteiger partial charge >= 0.3 is 5.97 Å². The number of β-lactam (4-membered cyclic amide) rings is 1. The predicted octanol–water partition coefficient (Wildman–Crippen LogP) is 4.14. The maximum absolute atomic E-state index is 13.2. The number of hydrogen-bond acceptors (Lipinski definition) is 4. The van der Waals surface area contributed by atoms with E-state index in [0.29, 0.717) is 17.9 Å². The van der Waals surface area contributed by atoms with Crippen molar-refractivity contribution in [2.45, 2.75) is 18.7 Å². The van der Waals surface area contributed by atoms with Gasteiger partial charge in [0.2, 0.25) is 6.10 Å². The Bertz CT molecular complexity index is 1040. The summed E-state index contributed by atoms with van der Waals surface area (Å²) in [5.74, 6) is -0.293. The van der Waals surface area contributed by atoms with E-state index in [1.165, 1.54) is 19.2 Å². The Morgan fingerprint density at radius 3 is 2.27 bits per heavy atom. The van der Waals surface area contributed by atoms with Crippen molar-refractivity contribution < 1.29 is 23.5 Å². The van der Waals surface area contributed by atoms with Crippen molar-refractivity contribution in [3.8, 4) is 5.75 Å². The SMILES string of the molecule is COC(=O)c1ccc([C@H]2[C@H](Oc3ccccc3)C(=O)N2Cc2ccc(F)cc2)cc1. The van der Waals surface area contributed by atoms with Crippen LogP contribution in [-0.4, -0.2) is 30.0 Å².